The lowest BCUT2D eigenvalue weighted by molar-refractivity contribution is -0.120. The van der Waals surface area contributed by atoms with Crippen LogP contribution in [0.3, 0.4) is 0 Å². The van der Waals surface area contributed by atoms with Gasteiger partial charge in [0.25, 0.3) is 0 Å². The minimum Gasteiger partial charge on any atom is -0.439 e. The lowest BCUT2D eigenvalue weighted by Crippen LogP contribution is -2.40. The van der Waals surface area contributed by atoms with E-state index >= 15 is 0 Å². The molecule has 1 aliphatic rings. The molecule has 1 fully saturated rings. The average Bonchev–Trinajstić information content (AvgIpc) is 2.63. The van der Waals surface area contributed by atoms with Gasteiger partial charge in [-0.3, -0.25) is 9.59 Å². The molecular weight excluding hydrogens is 368 g/mol. The minimum atomic E-state index is -0.520. The molecule has 1 saturated heterocycles. The Morgan fingerprint density at radius 2 is 2.11 bits per heavy atom. The lowest BCUT2D eigenvalue weighted by Gasteiger charge is -2.27. The first-order chi connectivity index (χ1) is 12.5. The Morgan fingerprint density at radius 1 is 1.30 bits per heavy atom. The van der Waals surface area contributed by atoms with Gasteiger partial charge in [-0.05, 0) is 50.6 Å². The van der Waals surface area contributed by atoms with E-state index in [0.29, 0.717) is 28.9 Å². The molecule has 8 heteroatoms. The molecule has 0 saturated carbocycles. The van der Waals surface area contributed by atoms with Crippen molar-refractivity contribution >= 4 is 29.9 Å². The van der Waals surface area contributed by atoms with Gasteiger partial charge in [0.1, 0.15) is 5.75 Å². The van der Waals surface area contributed by atoms with Gasteiger partial charge in [-0.15, -0.1) is 12.4 Å². The zero-order chi connectivity index (χ0) is 18.5. The van der Waals surface area contributed by atoms with E-state index in [2.05, 4.69) is 22.5 Å². The second-order valence-corrected chi connectivity index (χ2v) is 6.44. The first-order valence-corrected chi connectivity index (χ1v) is 8.59. The third kappa shape index (κ3) is 5.67. The zero-order valence-corrected chi connectivity index (χ0v) is 15.8. The molecular formula is C19H23ClN4O3. The molecule has 1 aromatic carbocycles. The number of carbonyl (C=O) groups excluding carboxylic acids is 2. The van der Waals surface area contributed by atoms with Crippen molar-refractivity contribution in [1.82, 2.24) is 10.3 Å². The summed E-state index contributed by atoms with van der Waals surface area (Å²) in [5, 5.41) is 6.24. The summed E-state index contributed by atoms with van der Waals surface area (Å²) in [6.07, 6.45) is 3.22. The van der Waals surface area contributed by atoms with Gasteiger partial charge in [-0.1, -0.05) is 6.07 Å². The summed E-state index contributed by atoms with van der Waals surface area (Å²) in [6.45, 7) is 2.94. The molecule has 1 aliphatic heterocycles. The van der Waals surface area contributed by atoms with Crippen LogP contribution in [0, 0.1) is 5.92 Å². The molecule has 2 aromatic rings. The third-order valence-electron chi connectivity index (χ3n) is 4.34. The highest BCUT2D eigenvalue weighted by molar-refractivity contribution is 5.93. The van der Waals surface area contributed by atoms with Gasteiger partial charge in [0.05, 0.1) is 11.9 Å². The highest BCUT2D eigenvalue weighted by Crippen LogP contribution is 2.22. The Labute approximate surface area is 164 Å². The maximum Gasteiger partial charge on any atom is 0.248 e. The maximum absolute atomic E-state index is 12.3. The fourth-order valence-electron chi connectivity index (χ4n) is 2.96. The predicted molar refractivity (Wildman–Crippen MR) is 105 cm³/mol. The van der Waals surface area contributed by atoms with Crippen LogP contribution >= 0.6 is 12.4 Å². The van der Waals surface area contributed by atoms with Crippen molar-refractivity contribution in [1.29, 1.82) is 0 Å². The van der Waals surface area contributed by atoms with Crippen LogP contribution in [0.5, 0.6) is 11.6 Å². The highest BCUT2D eigenvalue weighted by atomic mass is 35.5. The number of primary amides is 1. The molecule has 0 spiro atoms. The van der Waals surface area contributed by atoms with E-state index in [-0.39, 0.29) is 24.2 Å². The van der Waals surface area contributed by atoms with E-state index in [1.807, 2.05) is 0 Å². The summed E-state index contributed by atoms with van der Waals surface area (Å²) in [7, 11) is 0. The van der Waals surface area contributed by atoms with Gasteiger partial charge in [-0.2, -0.15) is 0 Å². The number of pyridine rings is 1. The molecule has 2 amide bonds. The van der Waals surface area contributed by atoms with Crippen LogP contribution in [0.2, 0.25) is 0 Å². The number of nitrogens with one attached hydrogen (secondary N) is 2. The largest absolute Gasteiger partial charge is 0.439 e. The number of anilines is 1. The smallest absolute Gasteiger partial charge is 0.248 e. The lowest BCUT2D eigenvalue weighted by atomic mass is 9.92. The van der Waals surface area contributed by atoms with E-state index in [4.69, 9.17) is 10.5 Å². The summed E-state index contributed by atoms with van der Waals surface area (Å²) in [6, 6.07) is 10.3. The average molecular weight is 391 g/mol. The summed E-state index contributed by atoms with van der Waals surface area (Å²) in [5.41, 5.74) is 6.25. The Balaban J connectivity index is 0.00000261. The molecule has 1 aromatic heterocycles. The number of piperidine rings is 1. The van der Waals surface area contributed by atoms with E-state index in [1.54, 1.807) is 42.6 Å². The SMILES string of the molecule is C[C@H]1C[C@@H](C(=O)Nc2ccc(Oc3cccc(C(N)=O)c3)nc2)CCN1.Cl. The molecule has 0 unspecified atom stereocenters. The fourth-order valence-corrected chi connectivity index (χ4v) is 2.96. The van der Waals surface area contributed by atoms with Crippen molar-refractivity contribution in [2.45, 2.75) is 25.8 Å². The highest BCUT2D eigenvalue weighted by Gasteiger charge is 2.24. The van der Waals surface area contributed by atoms with E-state index in [1.165, 1.54) is 0 Å². The van der Waals surface area contributed by atoms with Crippen molar-refractivity contribution in [3.8, 4) is 11.6 Å². The monoisotopic (exact) mass is 390 g/mol. The van der Waals surface area contributed by atoms with Gasteiger partial charge in [0.15, 0.2) is 0 Å². The number of hydrogen-bond donors (Lipinski definition) is 3. The number of nitrogens with two attached hydrogens (primary N) is 1. The molecule has 27 heavy (non-hydrogen) atoms. The Kier molecular flexibility index (Phi) is 7.15. The number of amides is 2. The molecule has 3 rings (SSSR count). The summed E-state index contributed by atoms with van der Waals surface area (Å²) < 4.78 is 5.62. The minimum absolute atomic E-state index is 0. The molecule has 2 atom stereocenters. The molecule has 0 radical (unpaired) electrons. The number of rotatable bonds is 5. The van der Waals surface area contributed by atoms with Crippen molar-refractivity contribution < 1.29 is 14.3 Å². The molecule has 0 aliphatic carbocycles. The van der Waals surface area contributed by atoms with Crippen LogP contribution in [0.1, 0.15) is 30.1 Å². The van der Waals surface area contributed by atoms with Gasteiger partial charge in [-0.25, -0.2) is 4.98 Å². The fraction of sp³-hybridized carbons (Fsp3) is 0.316. The molecule has 7 nitrogen and oxygen atoms in total. The summed E-state index contributed by atoms with van der Waals surface area (Å²) in [5.74, 6) is 0.338. The molecule has 144 valence electrons. The molecule has 2 heterocycles. The first-order valence-electron chi connectivity index (χ1n) is 8.59. The summed E-state index contributed by atoms with van der Waals surface area (Å²) >= 11 is 0. The summed E-state index contributed by atoms with van der Waals surface area (Å²) in [4.78, 5) is 27.8. The van der Waals surface area contributed by atoms with Crippen LogP contribution in [0.15, 0.2) is 42.6 Å². The van der Waals surface area contributed by atoms with Gasteiger partial charge >= 0.3 is 0 Å². The van der Waals surface area contributed by atoms with Crippen molar-refractivity contribution in [3.05, 3.63) is 48.2 Å². The number of aromatic nitrogens is 1. The van der Waals surface area contributed by atoms with E-state index < -0.39 is 5.91 Å². The topological polar surface area (TPSA) is 106 Å². The number of halogens is 1. The maximum atomic E-state index is 12.3. The van der Waals surface area contributed by atoms with Crippen LogP contribution in [0.25, 0.3) is 0 Å². The standard InChI is InChI=1S/C19H22N4O3.ClH/c1-12-9-14(7-8-21-12)19(25)23-15-5-6-17(22-11-15)26-16-4-2-3-13(10-16)18(20)24;/h2-6,10-12,14,21H,7-9H2,1H3,(H2,20,24)(H,23,25);1H/t12-,14-;/m0./s1. The first kappa shape index (κ1) is 20.7. The normalized spacial score (nSPS) is 18.9. The number of hydrogen-bond acceptors (Lipinski definition) is 5. The van der Waals surface area contributed by atoms with Crippen LogP contribution < -0.4 is 21.1 Å². The molecule has 0 bridgehead atoms. The van der Waals surface area contributed by atoms with Crippen molar-refractivity contribution in [2.75, 3.05) is 11.9 Å². The Hall–Kier alpha value is -2.64. The second kappa shape index (κ2) is 9.34. The number of ether oxygens (including phenoxy) is 1. The molecule has 4 N–H and O–H groups in total. The second-order valence-electron chi connectivity index (χ2n) is 6.44. The van der Waals surface area contributed by atoms with Crippen LogP contribution in [-0.2, 0) is 4.79 Å². The van der Waals surface area contributed by atoms with Crippen LogP contribution in [0.4, 0.5) is 5.69 Å². The Morgan fingerprint density at radius 3 is 2.78 bits per heavy atom. The number of carbonyl (C=O) groups is 2. The zero-order valence-electron chi connectivity index (χ0n) is 15.0. The number of nitrogens with zero attached hydrogens (tertiary/aromatic N) is 1. The van der Waals surface area contributed by atoms with Crippen molar-refractivity contribution in [3.63, 3.8) is 0 Å². The van der Waals surface area contributed by atoms with Gasteiger partial charge in [0, 0.05) is 23.6 Å². The van der Waals surface area contributed by atoms with E-state index in [0.717, 1.165) is 19.4 Å². The van der Waals surface area contributed by atoms with Crippen molar-refractivity contribution in [2.24, 2.45) is 11.7 Å². The Bertz CT molecular complexity index is 798. The van der Waals surface area contributed by atoms with Gasteiger partial charge in [0.2, 0.25) is 17.7 Å². The third-order valence-corrected chi connectivity index (χ3v) is 4.34. The number of benzene rings is 1. The van der Waals surface area contributed by atoms with Gasteiger partial charge < -0.3 is 21.1 Å². The quantitative estimate of drug-likeness (QED) is 0.727. The van der Waals surface area contributed by atoms with E-state index in [9.17, 15) is 9.59 Å². The predicted octanol–water partition coefficient (Wildman–Crippen LogP) is 2.72. The van der Waals surface area contributed by atoms with Crippen LogP contribution in [-0.4, -0.2) is 29.4 Å².